The van der Waals surface area contributed by atoms with E-state index < -0.39 is 0 Å². The molecule has 0 amide bonds. The van der Waals surface area contributed by atoms with Crippen molar-refractivity contribution in [2.24, 2.45) is 11.7 Å². The summed E-state index contributed by atoms with van der Waals surface area (Å²) in [5.74, 6) is 0.538. The highest BCUT2D eigenvalue weighted by molar-refractivity contribution is 6.30. The zero-order valence-electron chi connectivity index (χ0n) is 10.7. The molecule has 0 aliphatic heterocycles. The monoisotopic (exact) mass is 269 g/mol. The van der Waals surface area contributed by atoms with Crippen molar-refractivity contribution in [3.8, 4) is 0 Å². The van der Waals surface area contributed by atoms with E-state index in [1.807, 2.05) is 0 Å². The Hall–Kier alpha value is -0.600. The predicted molar refractivity (Wildman–Crippen MR) is 74.3 cm³/mol. The van der Waals surface area contributed by atoms with Crippen molar-refractivity contribution in [1.29, 1.82) is 0 Å². The summed E-state index contributed by atoms with van der Waals surface area (Å²) in [7, 11) is 0. The van der Waals surface area contributed by atoms with Crippen LogP contribution < -0.4 is 5.73 Å². The van der Waals surface area contributed by atoms with Crippen LogP contribution >= 0.6 is 11.6 Å². The third kappa shape index (κ3) is 3.69. The lowest BCUT2D eigenvalue weighted by Crippen LogP contribution is -2.24. The smallest absolute Gasteiger partial charge is 0.145 e. The second-order valence-electron chi connectivity index (χ2n) is 5.40. The number of hydrogen-bond acceptors (Lipinski definition) is 1. The van der Waals surface area contributed by atoms with Crippen molar-refractivity contribution >= 4 is 11.6 Å². The van der Waals surface area contributed by atoms with Gasteiger partial charge in [-0.3, -0.25) is 0 Å². The zero-order valence-corrected chi connectivity index (χ0v) is 11.4. The fraction of sp³-hybridized carbons (Fsp3) is 0.600. The lowest BCUT2D eigenvalue weighted by Gasteiger charge is -2.15. The van der Waals surface area contributed by atoms with Crippen molar-refractivity contribution in [1.82, 2.24) is 0 Å². The van der Waals surface area contributed by atoms with Gasteiger partial charge in [0, 0.05) is 6.04 Å². The minimum atomic E-state index is -0.310. The number of hydrogen-bond donors (Lipinski definition) is 1. The van der Waals surface area contributed by atoms with Crippen molar-refractivity contribution < 1.29 is 4.39 Å². The standard InChI is InChI=1S/C15H21ClFN/c16-14-7-3-6-12(15(14)17)10-13(18)9-8-11-4-1-2-5-11/h3,6-7,11,13H,1-2,4-5,8-10,18H2. The van der Waals surface area contributed by atoms with Crippen LogP contribution in [-0.2, 0) is 6.42 Å². The Morgan fingerprint density at radius 2 is 2.06 bits per heavy atom. The Morgan fingerprint density at radius 3 is 2.78 bits per heavy atom. The highest BCUT2D eigenvalue weighted by Crippen LogP contribution is 2.29. The van der Waals surface area contributed by atoms with E-state index in [-0.39, 0.29) is 16.9 Å². The first-order chi connectivity index (χ1) is 8.66. The molecule has 1 atom stereocenters. The largest absolute Gasteiger partial charge is 0.327 e. The number of halogens is 2. The molecule has 1 aliphatic rings. The molecule has 0 radical (unpaired) electrons. The summed E-state index contributed by atoms with van der Waals surface area (Å²) < 4.78 is 13.7. The minimum absolute atomic E-state index is 0.0403. The van der Waals surface area contributed by atoms with Gasteiger partial charge in [-0.25, -0.2) is 4.39 Å². The molecule has 0 heterocycles. The van der Waals surface area contributed by atoms with Gasteiger partial charge in [0.15, 0.2) is 0 Å². The first kappa shape index (κ1) is 13.8. The minimum Gasteiger partial charge on any atom is -0.327 e. The number of rotatable bonds is 5. The van der Waals surface area contributed by atoms with Gasteiger partial charge in [0.25, 0.3) is 0 Å². The summed E-state index contributed by atoms with van der Waals surface area (Å²) in [4.78, 5) is 0. The molecule has 0 spiro atoms. The Kier molecular flexibility index (Phi) is 5.02. The summed E-state index contributed by atoms with van der Waals surface area (Å²) in [6.45, 7) is 0. The maximum Gasteiger partial charge on any atom is 0.145 e. The average molecular weight is 270 g/mol. The van der Waals surface area contributed by atoms with Gasteiger partial charge < -0.3 is 5.73 Å². The molecule has 2 rings (SSSR count). The van der Waals surface area contributed by atoms with Gasteiger partial charge in [-0.15, -0.1) is 0 Å². The van der Waals surface area contributed by atoms with Gasteiger partial charge in [0.1, 0.15) is 5.82 Å². The van der Waals surface area contributed by atoms with Crippen molar-refractivity contribution in [3.05, 3.63) is 34.6 Å². The fourth-order valence-electron chi connectivity index (χ4n) is 2.84. The first-order valence-electron chi connectivity index (χ1n) is 6.85. The second kappa shape index (κ2) is 6.53. The predicted octanol–water partition coefficient (Wildman–Crippen LogP) is 4.32. The Bertz CT molecular complexity index is 388. The van der Waals surface area contributed by atoms with Crippen LogP contribution in [0.15, 0.2) is 18.2 Å². The molecule has 0 bridgehead atoms. The van der Waals surface area contributed by atoms with Gasteiger partial charge in [0.05, 0.1) is 5.02 Å². The quantitative estimate of drug-likeness (QED) is 0.846. The zero-order chi connectivity index (χ0) is 13.0. The maximum atomic E-state index is 13.7. The lowest BCUT2D eigenvalue weighted by atomic mass is 9.95. The van der Waals surface area contributed by atoms with Crippen LogP contribution in [0.2, 0.25) is 5.02 Å². The molecule has 1 aromatic rings. The first-order valence-corrected chi connectivity index (χ1v) is 7.23. The molecule has 2 N–H and O–H groups in total. The van der Waals surface area contributed by atoms with E-state index in [1.54, 1.807) is 18.2 Å². The van der Waals surface area contributed by atoms with Crippen molar-refractivity contribution in [3.63, 3.8) is 0 Å². The van der Waals surface area contributed by atoms with Gasteiger partial charge in [0.2, 0.25) is 0 Å². The second-order valence-corrected chi connectivity index (χ2v) is 5.81. The van der Waals surface area contributed by atoms with E-state index >= 15 is 0 Å². The van der Waals surface area contributed by atoms with Crippen LogP contribution in [0.1, 0.15) is 44.1 Å². The molecule has 3 heteroatoms. The van der Waals surface area contributed by atoms with Gasteiger partial charge >= 0.3 is 0 Å². The highest BCUT2D eigenvalue weighted by Gasteiger charge is 2.17. The van der Waals surface area contributed by atoms with E-state index in [9.17, 15) is 4.39 Å². The maximum absolute atomic E-state index is 13.7. The molecular weight excluding hydrogens is 249 g/mol. The Morgan fingerprint density at radius 1 is 1.33 bits per heavy atom. The van der Waals surface area contributed by atoms with Gasteiger partial charge in [-0.05, 0) is 36.8 Å². The number of benzene rings is 1. The van der Waals surface area contributed by atoms with Crippen LogP contribution in [0, 0.1) is 11.7 Å². The van der Waals surface area contributed by atoms with E-state index in [0.29, 0.717) is 12.0 Å². The summed E-state index contributed by atoms with van der Waals surface area (Å²) in [5, 5.41) is 0.190. The highest BCUT2D eigenvalue weighted by atomic mass is 35.5. The molecule has 1 nitrogen and oxygen atoms in total. The molecule has 1 aliphatic carbocycles. The molecule has 0 aromatic heterocycles. The molecular formula is C15H21ClFN. The van der Waals surface area contributed by atoms with Crippen molar-refractivity contribution in [2.45, 2.75) is 51.0 Å². The summed E-state index contributed by atoms with van der Waals surface area (Å²) >= 11 is 5.76. The molecule has 1 saturated carbocycles. The third-order valence-corrected chi connectivity index (χ3v) is 4.23. The van der Waals surface area contributed by atoms with Crippen LogP contribution in [0.3, 0.4) is 0 Å². The summed E-state index contributed by atoms with van der Waals surface area (Å²) in [6.07, 6.45) is 8.17. The summed E-state index contributed by atoms with van der Waals surface area (Å²) in [6, 6.07) is 5.17. The van der Waals surface area contributed by atoms with E-state index in [0.717, 1.165) is 12.3 Å². The van der Waals surface area contributed by atoms with Crippen LogP contribution in [0.25, 0.3) is 0 Å². The molecule has 18 heavy (non-hydrogen) atoms. The molecule has 100 valence electrons. The molecule has 1 unspecified atom stereocenters. The average Bonchev–Trinajstić information content (AvgIpc) is 2.86. The van der Waals surface area contributed by atoms with Crippen LogP contribution in [0.5, 0.6) is 0 Å². The van der Waals surface area contributed by atoms with Gasteiger partial charge in [-0.2, -0.15) is 0 Å². The SMILES string of the molecule is NC(CCC1CCCC1)Cc1cccc(Cl)c1F. The molecule has 1 aromatic carbocycles. The van der Waals surface area contributed by atoms with Crippen molar-refractivity contribution in [2.75, 3.05) is 0 Å². The van der Waals surface area contributed by atoms with Crippen LogP contribution in [0.4, 0.5) is 4.39 Å². The Balaban J connectivity index is 1.82. The topological polar surface area (TPSA) is 26.0 Å². The van der Waals surface area contributed by atoms with Crippen LogP contribution in [-0.4, -0.2) is 6.04 Å². The molecule has 0 saturated heterocycles. The van der Waals surface area contributed by atoms with E-state index in [1.165, 1.54) is 32.1 Å². The van der Waals surface area contributed by atoms with Gasteiger partial charge in [-0.1, -0.05) is 49.4 Å². The van der Waals surface area contributed by atoms with E-state index in [4.69, 9.17) is 17.3 Å². The lowest BCUT2D eigenvalue weighted by molar-refractivity contribution is 0.444. The van der Waals surface area contributed by atoms with E-state index in [2.05, 4.69) is 0 Å². The fourth-order valence-corrected chi connectivity index (χ4v) is 3.03. The third-order valence-electron chi connectivity index (χ3n) is 3.93. The molecule has 1 fully saturated rings. The number of nitrogens with two attached hydrogens (primary N) is 1. The summed E-state index contributed by atoms with van der Waals surface area (Å²) in [5.41, 5.74) is 6.73. The Labute approximate surface area is 114 Å². The normalized spacial score (nSPS) is 18.2.